The number of carboxylic acid groups (broad SMARTS) is 1. The van der Waals surface area contributed by atoms with Crippen LogP contribution in [0, 0.1) is 0 Å². The van der Waals surface area contributed by atoms with Crippen LogP contribution in [0.4, 0.5) is 0 Å². The molecule has 0 aliphatic heterocycles. The van der Waals surface area contributed by atoms with E-state index >= 15 is 0 Å². The second-order valence-corrected chi connectivity index (χ2v) is 2.90. The fourth-order valence-corrected chi connectivity index (χ4v) is 0.574. The molecule has 4 heteroatoms. The van der Waals surface area contributed by atoms with Gasteiger partial charge in [0.15, 0.2) is 0 Å². The van der Waals surface area contributed by atoms with Gasteiger partial charge in [-0.15, -0.1) is 0 Å². The Morgan fingerprint density at radius 1 is 1.45 bits per heavy atom. The Morgan fingerprint density at radius 3 is 1.91 bits per heavy atom. The van der Waals surface area contributed by atoms with Gasteiger partial charge >= 0.3 is 5.97 Å². The summed E-state index contributed by atoms with van der Waals surface area (Å²) in [7, 11) is 0. The van der Waals surface area contributed by atoms with E-state index in [0.717, 1.165) is 0 Å². The van der Waals surface area contributed by atoms with Gasteiger partial charge in [-0.05, 0) is 20.8 Å². The largest absolute Gasteiger partial charge is 0.478 e. The Hall–Kier alpha value is -1.03. The van der Waals surface area contributed by atoms with Crippen LogP contribution >= 0.6 is 0 Å². The third-order valence-electron chi connectivity index (χ3n) is 1.38. The fraction of sp³-hybridized carbons (Fsp3) is 0.571. The van der Waals surface area contributed by atoms with E-state index in [4.69, 9.17) is 10.8 Å². The fourth-order valence-electron chi connectivity index (χ4n) is 0.574. The second-order valence-electron chi connectivity index (χ2n) is 2.90. The topological polar surface area (TPSA) is 83.5 Å². The summed E-state index contributed by atoms with van der Waals surface area (Å²) in [5, 5.41) is 17.7. The van der Waals surface area contributed by atoms with E-state index in [9.17, 15) is 9.90 Å². The normalized spacial score (nSPS) is 14.2. The molecule has 0 aliphatic carbocycles. The van der Waals surface area contributed by atoms with Crippen LogP contribution in [0.3, 0.4) is 0 Å². The minimum atomic E-state index is -1.26. The number of nitrogens with two attached hydrogens (primary N) is 1. The van der Waals surface area contributed by atoms with Gasteiger partial charge in [-0.2, -0.15) is 0 Å². The molecule has 4 N–H and O–H groups in total. The van der Waals surface area contributed by atoms with Crippen LogP contribution in [0.1, 0.15) is 20.8 Å². The highest BCUT2D eigenvalue weighted by molar-refractivity contribution is 5.86. The van der Waals surface area contributed by atoms with Gasteiger partial charge in [0.25, 0.3) is 0 Å². The first kappa shape index (κ1) is 9.97. The van der Waals surface area contributed by atoms with Crippen molar-refractivity contribution >= 4 is 5.97 Å². The Balaban J connectivity index is 4.82. The monoisotopic (exact) mass is 159 g/mol. The highest BCUT2D eigenvalue weighted by atomic mass is 16.4. The third kappa shape index (κ3) is 2.59. The van der Waals surface area contributed by atoms with E-state index < -0.39 is 11.6 Å². The smallest absolute Gasteiger partial charge is 0.333 e. The molecule has 64 valence electrons. The molecule has 0 unspecified atom stereocenters. The minimum absolute atomic E-state index is 0.00926. The molecule has 0 spiro atoms. The van der Waals surface area contributed by atoms with Crippen LogP contribution in [0.25, 0.3) is 0 Å². The average molecular weight is 159 g/mol. The molecule has 0 aromatic rings. The van der Waals surface area contributed by atoms with E-state index in [2.05, 4.69) is 0 Å². The SMILES string of the molecule is C/C(C(=O)O)=C(\N)C(C)(C)O. The van der Waals surface area contributed by atoms with Crippen molar-refractivity contribution in [1.82, 2.24) is 0 Å². The maximum absolute atomic E-state index is 10.3. The van der Waals surface area contributed by atoms with Gasteiger partial charge in [-0.1, -0.05) is 0 Å². The molecule has 4 nitrogen and oxygen atoms in total. The standard InChI is InChI=1S/C7H13NO3/c1-4(6(9)10)5(8)7(2,3)11/h11H,8H2,1-3H3,(H,9,10)/b5-4+. The van der Waals surface area contributed by atoms with Crippen molar-refractivity contribution in [3.8, 4) is 0 Å². The average Bonchev–Trinajstić information content (AvgIpc) is 1.82. The lowest BCUT2D eigenvalue weighted by Gasteiger charge is -2.18. The van der Waals surface area contributed by atoms with E-state index in [1.54, 1.807) is 0 Å². The summed E-state index contributed by atoms with van der Waals surface area (Å²) in [6.45, 7) is 4.24. The maximum Gasteiger partial charge on any atom is 0.333 e. The summed E-state index contributed by atoms with van der Waals surface area (Å²) in [5.74, 6) is -1.11. The third-order valence-corrected chi connectivity index (χ3v) is 1.38. The Labute approximate surface area is 65.3 Å². The lowest BCUT2D eigenvalue weighted by Crippen LogP contribution is -2.30. The number of aliphatic carboxylic acids is 1. The molecule has 0 bridgehead atoms. The molecule has 0 heterocycles. The number of hydrogen-bond donors (Lipinski definition) is 3. The molecule has 0 amide bonds. The summed E-state index contributed by atoms with van der Waals surface area (Å²) in [6.07, 6.45) is 0. The highest BCUT2D eigenvalue weighted by Crippen LogP contribution is 2.13. The molecule has 0 atom stereocenters. The zero-order chi connectivity index (χ0) is 9.23. The van der Waals surface area contributed by atoms with E-state index in [0.29, 0.717) is 0 Å². The summed E-state index contributed by atoms with van der Waals surface area (Å²) in [6, 6.07) is 0. The predicted molar refractivity (Wildman–Crippen MR) is 40.8 cm³/mol. The molecule has 0 aliphatic rings. The zero-order valence-corrected chi connectivity index (χ0v) is 6.88. The van der Waals surface area contributed by atoms with E-state index in [1.165, 1.54) is 20.8 Å². The van der Waals surface area contributed by atoms with Crippen LogP contribution in [0.15, 0.2) is 11.3 Å². The Morgan fingerprint density at radius 2 is 1.82 bits per heavy atom. The first-order valence-electron chi connectivity index (χ1n) is 3.19. The van der Waals surface area contributed by atoms with Crippen molar-refractivity contribution < 1.29 is 15.0 Å². The molecule has 0 rings (SSSR count). The van der Waals surface area contributed by atoms with Gasteiger partial charge in [0.1, 0.15) is 0 Å². The lowest BCUT2D eigenvalue weighted by atomic mass is 10.0. The van der Waals surface area contributed by atoms with Gasteiger partial charge in [0.05, 0.1) is 11.2 Å². The van der Waals surface area contributed by atoms with Crippen LogP contribution in [-0.2, 0) is 4.79 Å². The molecule has 0 fully saturated rings. The molecule has 11 heavy (non-hydrogen) atoms. The number of carbonyl (C=O) groups is 1. The van der Waals surface area contributed by atoms with Gasteiger partial charge in [0, 0.05) is 5.70 Å². The van der Waals surface area contributed by atoms with Crippen molar-refractivity contribution in [2.45, 2.75) is 26.4 Å². The lowest BCUT2D eigenvalue weighted by molar-refractivity contribution is -0.132. The molecule has 0 radical (unpaired) electrons. The van der Waals surface area contributed by atoms with Crippen LogP contribution < -0.4 is 5.73 Å². The van der Waals surface area contributed by atoms with Crippen molar-refractivity contribution in [2.24, 2.45) is 5.73 Å². The van der Waals surface area contributed by atoms with Crippen LogP contribution in [0.2, 0.25) is 0 Å². The zero-order valence-electron chi connectivity index (χ0n) is 6.88. The number of rotatable bonds is 2. The van der Waals surface area contributed by atoms with Crippen molar-refractivity contribution in [1.29, 1.82) is 0 Å². The minimum Gasteiger partial charge on any atom is -0.478 e. The Kier molecular flexibility index (Phi) is 2.65. The first-order valence-corrected chi connectivity index (χ1v) is 3.19. The van der Waals surface area contributed by atoms with E-state index in [-0.39, 0.29) is 11.3 Å². The number of aliphatic hydroxyl groups is 1. The van der Waals surface area contributed by atoms with Crippen molar-refractivity contribution in [2.75, 3.05) is 0 Å². The van der Waals surface area contributed by atoms with E-state index in [1.807, 2.05) is 0 Å². The summed E-state index contributed by atoms with van der Waals surface area (Å²) in [5.41, 5.74) is 4.06. The molecular formula is C7H13NO3. The molecular weight excluding hydrogens is 146 g/mol. The quantitative estimate of drug-likeness (QED) is 0.498. The molecule has 0 saturated heterocycles. The summed E-state index contributed by atoms with van der Waals surface area (Å²) >= 11 is 0. The highest BCUT2D eigenvalue weighted by Gasteiger charge is 2.21. The van der Waals surface area contributed by atoms with Gasteiger partial charge in [-0.25, -0.2) is 4.79 Å². The van der Waals surface area contributed by atoms with Crippen molar-refractivity contribution in [3.05, 3.63) is 11.3 Å². The molecule has 0 aromatic carbocycles. The van der Waals surface area contributed by atoms with Crippen LogP contribution in [0.5, 0.6) is 0 Å². The number of hydrogen-bond acceptors (Lipinski definition) is 3. The van der Waals surface area contributed by atoms with Crippen molar-refractivity contribution in [3.63, 3.8) is 0 Å². The summed E-state index contributed by atoms with van der Waals surface area (Å²) < 4.78 is 0. The van der Waals surface area contributed by atoms with Gasteiger partial charge in [0.2, 0.25) is 0 Å². The first-order chi connectivity index (χ1) is 4.76. The maximum atomic E-state index is 10.3. The molecule has 0 saturated carbocycles. The van der Waals surface area contributed by atoms with Gasteiger partial charge < -0.3 is 15.9 Å². The van der Waals surface area contributed by atoms with Gasteiger partial charge in [-0.3, -0.25) is 0 Å². The molecule has 0 aromatic heterocycles. The number of carboxylic acids is 1. The van der Waals surface area contributed by atoms with Crippen LogP contribution in [-0.4, -0.2) is 21.8 Å². The summed E-state index contributed by atoms with van der Waals surface area (Å²) in [4.78, 5) is 10.3. The second kappa shape index (κ2) is 2.92. The Bertz CT molecular complexity index is 200. The predicted octanol–water partition coefficient (Wildman–Crippen LogP) is 0.0746.